The molecular formula is C15H22N2O4S. The smallest absolute Gasteiger partial charge is 0.326 e. The van der Waals surface area contributed by atoms with Gasteiger partial charge in [-0.3, -0.25) is 9.59 Å². The van der Waals surface area contributed by atoms with Crippen molar-refractivity contribution in [2.45, 2.75) is 51.6 Å². The van der Waals surface area contributed by atoms with Crippen molar-refractivity contribution in [1.82, 2.24) is 10.6 Å². The van der Waals surface area contributed by atoms with Crippen molar-refractivity contribution in [1.29, 1.82) is 0 Å². The lowest BCUT2D eigenvalue weighted by Crippen LogP contribution is -2.42. The van der Waals surface area contributed by atoms with Crippen LogP contribution in [0.1, 0.15) is 50.4 Å². The minimum Gasteiger partial charge on any atom is -0.480 e. The van der Waals surface area contributed by atoms with E-state index in [0.29, 0.717) is 6.42 Å². The zero-order valence-corrected chi connectivity index (χ0v) is 13.6. The number of amides is 2. The van der Waals surface area contributed by atoms with Crippen molar-refractivity contribution in [3.8, 4) is 0 Å². The van der Waals surface area contributed by atoms with Crippen LogP contribution in [0.5, 0.6) is 0 Å². The first-order chi connectivity index (χ1) is 10.4. The highest BCUT2D eigenvalue weighted by atomic mass is 32.1. The maximum atomic E-state index is 12.1. The minimum atomic E-state index is -1.03. The molecular weight excluding hydrogens is 304 g/mol. The minimum absolute atomic E-state index is 0.0238. The van der Waals surface area contributed by atoms with E-state index in [1.165, 1.54) is 18.3 Å². The van der Waals surface area contributed by atoms with Crippen LogP contribution < -0.4 is 10.6 Å². The van der Waals surface area contributed by atoms with Crippen LogP contribution in [0.25, 0.3) is 0 Å². The zero-order chi connectivity index (χ0) is 16.5. The van der Waals surface area contributed by atoms with Crippen LogP contribution in [-0.4, -0.2) is 28.9 Å². The number of aliphatic carboxylic acids is 1. The van der Waals surface area contributed by atoms with Crippen LogP contribution in [0.4, 0.5) is 0 Å². The van der Waals surface area contributed by atoms with Gasteiger partial charge in [-0.25, -0.2) is 4.79 Å². The molecule has 0 aromatic carbocycles. The summed E-state index contributed by atoms with van der Waals surface area (Å²) in [4.78, 5) is 35.4. The average Bonchev–Trinajstić information content (AvgIpc) is 2.96. The molecule has 0 saturated carbocycles. The number of hydrogen-bond acceptors (Lipinski definition) is 4. The van der Waals surface area contributed by atoms with Crippen molar-refractivity contribution in [2.75, 3.05) is 0 Å². The van der Waals surface area contributed by atoms with Gasteiger partial charge >= 0.3 is 5.97 Å². The van der Waals surface area contributed by atoms with Crippen molar-refractivity contribution < 1.29 is 19.5 Å². The summed E-state index contributed by atoms with van der Waals surface area (Å²) in [6.45, 7) is 3.35. The molecule has 0 bridgehead atoms. The first-order valence-electron chi connectivity index (χ1n) is 7.26. The molecule has 0 aliphatic heterocycles. The van der Waals surface area contributed by atoms with Crippen LogP contribution >= 0.6 is 11.3 Å². The number of unbranched alkanes of at least 4 members (excludes halogenated alkanes) is 1. The zero-order valence-electron chi connectivity index (χ0n) is 12.8. The van der Waals surface area contributed by atoms with Gasteiger partial charge in [-0.05, 0) is 17.9 Å². The maximum Gasteiger partial charge on any atom is 0.326 e. The molecule has 2 atom stereocenters. The lowest BCUT2D eigenvalue weighted by molar-refractivity contribution is -0.142. The van der Waals surface area contributed by atoms with Crippen LogP contribution in [0.15, 0.2) is 17.5 Å². The summed E-state index contributed by atoms with van der Waals surface area (Å²) in [5, 5.41) is 16.2. The maximum absolute atomic E-state index is 12.1. The van der Waals surface area contributed by atoms with Gasteiger partial charge in [0.25, 0.3) is 0 Å². The second-order valence-electron chi connectivity index (χ2n) is 5.07. The van der Waals surface area contributed by atoms with E-state index in [9.17, 15) is 14.4 Å². The predicted octanol–water partition coefficient (Wildman–Crippen LogP) is 2.07. The van der Waals surface area contributed by atoms with Crippen molar-refractivity contribution in [2.24, 2.45) is 0 Å². The Morgan fingerprint density at radius 2 is 2.05 bits per heavy atom. The van der Waals surface area contributed by atoms with Gasteiger partial charge < -0.3 is 15.7 Å². The SMILES string of the molecule is CCCCC(NC(=O)CC(NC(C)=O)c1cccs1)C(=O)O. The third kappa shape index (κ3) is 6.26. The predicted molar refractivity (Wildman–Crippen MR) is 84.6 cm³/mol. The molecule has 0 radical (unpaired) electrons. The molecule has 0 aliphatic carbocycles. The Morgan fingerprint density at radius 1 is 1.32 bits per heavy atom. The molecule has 0 aliphatic rings. The molecule has 1 rings (SSSR count). The highest BCUT2D eigenvalue weighted by Gasteiger charge is 2.23. The first kappa shape index (κ1) is 18.2. The summed E-state index contributed by atoms with van der Waals surface area (Å²) in [6, 6.07) is 2.37. The van der Waals surface area contributed by atoms with E-state index in [4.69, 9.17) is 5.11 Å². The third-order valence-corrected chi connectivity index (χ3v) is 4.12. The van der Waals surface area contributed by atoms with Gasteiger partial charge in [-0.1, -0.05) is 25.8 Å². The van der Waals surface area contributed by atoms with Gasteiger partial charge in [0.2, 0.25) is 11.8 Å². The Morgan fingerprint density at radius 3 is 2.55 bits per heavy atom. The topological polar surface area (TPSA) is 95.5 Å². The fourth-order valence-electron chi connectivity index (χ4n) is 2.06. The van der Waals surface area contributed by atoms with Gasteiger partial charge in [0.15, 0.2) is 0 Å². The number of carboxylic acid groups (broad SMARTS) is 1. The number of carbonyl (C=O) groups excluding carboxylic acids is 2. The number of carbonyl (C=O) groups is 3. The monoisotopic (exact) mass is 326 g/mol. The Bertz CT molecular complexity index is 502. The van der Waals surface area contributed by atoms with E-state index in [-0.39, 0.29) is 18.2 Å². The first-order valence-corrected chi connectivity index (χ1v) is 8.14. The molecule has 1 aromatic heterocycles. The molecule has 7 heteroatoms. The van der Waals surface area contributed by atoms with Gasteiger partial charge in [0.05, 0.1) is 12.5 Å². The average molecular weight is 326 g/mol. The highest BCUT2D eigenvalue weighted by molar-refractivity contribution is 7.10. The Kier molecular flexibility index (Phi) is 7.59. The number of hydrogen-bond donors (Lipinski definition) is 3. The van der Waals surface area contributed by atoms with E-state index in [1.54, 1.807) is 0 Å². The highest BCUT2D eigenvalue weighted by Crippen LogP contribution is 2.22. The van der Waals surface area contributed by atoms with E-state index in [0.717, 1.165) is 17.7 Å². The second-order valence-corrected chi connectivity index (χ2v) is 6.05. The largest absolute Gasteiger partial charge is 0.480 e. The van der Waals surface area contributed by atoms with Crippen LogP contribution in [0, 0.1) is 0 Å². The molecule has 6 nitrogen and oxygen atoms in total. The molecule has 22 heavy (non-hydrogen) atoms. The second kappa shape index (κ2) is 9.19. The Balaban J connectivity index is 2.65. The summed E-state index contributed by atoms with van der Waals surface area (Å²) in [5.41, 5.74) is 0. The van der Waals surface area contributed by atoms with Crippen LogP contribution in [0.2, 0.25) is 0 Å². The summed E-state index contributed by atoms with van der Waals surface area (Å²) < 4.78 is 0. The quantitative estimate of drug-likeness (QED) is 0.647. The number of carboxylic acids is 1. The molecule has 1 heterocycles. The van der Waals surface area contributed by atoms with Crippen LogP contribution in [-0.2, 0) is 14.4 Å². The molecule has 0 spiro atoms. The van der Waals surface area contributed by atoms with Crippen molar-refractivity contribution in [3.05, 3.63) is 22.4 Å². The number of nitrogens with one attached hydrogen (secondary N) is 2. The molecule has 0 saturated heterocycles. The summed E-state index contributed by atoms with van der Waals surface area (Å²) in [7, 11) is 0. The Hall–Kier alpha value is -1.89. The van der Waals surface area contributed by atoms with Crippen molar-refractivity contribution in [3.63, 3.8) is 0 Å². The molecule has 122 valence electrons. The molecule has 0 fully saturated rings. The fraction of sp³-hybridized carbons (Fsp3) is 0.533. The fourth-order valence-corrected chi connectivity index (χ4v) is 2.84. The van der Waals surface area contributed by atoms with Crippen LogP contribution in [0.3, 0.4) is 0 Å². The van der Waals surface area contributed by atoms with E-state index in [1.807, 2.05) is 24.4 Å². The molecule has 2 unspecified atom stereocenters. The molecule has 1 aromatic rings. The van der Waals surface area contributed by atoms with Gasteiger partial charge in [-0.2, -0.15) is 0 Å². The summed E-state index contributed by atoms with van der Waals surface area (Å²) >= 11 is 1.44. The molecule has 2 amide bonds. The number of rotatable bonds is 9. The standard InChI is InChI=1S/C15H22N2O4S/c1-3-4-6-11(15(20)21)17-14(19)9-12(16-10(2)18)13-7-5-8-22-13/h5,7-8,11-12H,3-4,6,9H2,1-2H3,(H,16,18)(H,17,19)(H,20,21). The number of thiophene rings is 1. The van der Waals surface area contributed by atoms with E-state index >= 15 is 0 Å². The summed E-state index contributed by atoms with van der Waals surface area (Å²) in [5.74, 6) is -1.64. The van der Waals surface area contributed by atoms with Crippen molar-refractivity contribution >= 4 is 29.1 Å². The van der Waals surface area contributed by atoms with E-state index < -0.39 is 18.1 Å². The lowest BCUT2D eigenvalue weighted by Gasteiger charge is -2.19. The summed E-state index contributed by atoms with van der Waals surface area (Å²) in [6.07, 6.45) is 2.03. The Labute approximate surface area is 133 Å². The van der Waals surface area contributed by atoms with Gasteiger partial charge in [0, 0.05) is 11.8 Å². The third-order valence-electron chi connectivity index (χ3n) is 3.13. The normalized spacial score (nSPS) is 13.2. The van der Waals surface area contributed by atoms with Gasteiger partial charge in [0.1, 0.15) is 6.04 Å². The van der Waals surface area contributed by atoms with Gasteiger partial charge in [-0.15, -0.1) is 11.3 Å². The lowest BCUT2D eigenvalue weighted by atomic mass is 10.1. The van der Waals surface area contributed by atoms with E-state index in [2.05, 4.69) is 10.6 Å². The molecule has 3 N–H and O–H groups in total.